The number of aliphatic hydroxyl groups excluding tert-OH is 1. The Bertz CT molecular complexity index is 1570. The first kappa shape index (κ1) is 49.5. The highest BCUT2D eigenvalue weighted by Crippen LogP contribution is 2.25. The van der Waals surface area contributed by atoms with Crippen molar-refractivity contribution in [2.75, 3.05) is 27.7 Å². The second kappa shape index (κ2) is 23.5. The number of nitrogens with zero attached hydrogens (tertiary/aromatic N) is 3. The van der Waals surface area contributed by atoms with E-state index in [9.17, 15) is 48.9 Å². The maximum atomic E-state index is 14.3. The maximum absolute atomic E-state index is 14.3. The van der Waals surface area contributed by atoms with Gasteiger partial charge in [-0.3, -0.25) is 33.8 Å². The van der Waals surface area contributed by atoms with E-state index in [4.69, 9.17) is 27.7 Å². The number of benzene rings is 1. The lowest BCUT2D eigenvalue weighted by atomic mass is 9.98. The predicted molar refractivity (Wildman–Crippen MR) is 208 cm³/mol. The van der Waals surface area contributed by atoms with Crippen molar-refractivity contribution in [2.45, 2.75) is 108 Å². The van der Waals surface area contributed by atoms with Crippen molar-refractivity contribution in [1.29, 1.82) is 0 Å². The van der Waals surface area contributed by atoms with Gasteiger partial charge in [0.05, 0.1) is 6.10 Å². The topological polar surface area (TPSA) is 348 Å². The van der Waals surface area contributed by atoms with Crippen LogP contribution in [0.2, 0.25) is 0 Å². The number of methoxy groups -OCH3 is 1. The number of carboxylic acid groups (broad SMARTS) is 1. The molecule has 0 aromatic heterocycles. The monoisotopic (exact) mass is 808 g/mol. The summed E-state index contributed by atoms with van der Waals surface area (Å²) in [5, 5.41) is 37.0. The van der Waals surface area contributed by atoms with Gasteiger partial charge in [0.25, 0.3) is 0 Å². The Morgan fingerprint density at radius 2 is 1.40 bits per heavy atom. The van der Waals surface area contributed by atoms with Crippen LogP contribution < -0.4 is 38.9 Å². The summed E-state index contributed by atoms with van der Waals surface area (Å²) in [6.07, 6.45) is -2.95. The average molecular weight is 809 g/mol. The molecule has 8 atom stereocenters. The number of rotatable bonds is 24. The highest BCUT2D eigenvalue weighted by Gasteiger charge is 2.40. The molecule has 0 bridgehead atoms. The summed E-state index contributed by atoms with van der Waals surface area (Å²) in [5.41, 5.74) is 22.3. The second-order valence-corrected chi connectivity index (χ2v) is 14.1. The number of carboxylic acids is 1. The van der Waals surface area contributed by atoms with Crippen LogP contribution in [0.5, 0.6) is 5.75 Å². The number of carbonyl (C=O) groups is 7. The van der Waals surface area contributed by atoms with Crippen LogP contribution in [0.1, 0.15) is 71.5 Å². The number of aliphatic imine (C=N–C) groups is 1. The molecule has 0 fully saturated rings. The summed E-state index contributed by atoms with van der Waals surface area (Å²) < 4.78 is 5.62. The minimum absolute atomic E-state index is 0.00495. The molecule has 1 aromatic carbocycles. The molecule has 320 valence electrons. The smallest absolute Gasteiger partial charge is 0.326 e. The van der Waals surface area contributed by atoms with Gasteiger partial charge in [-0.1, -0.05) is 26.0 Å². The maximum Gasteiger partial charge on any atom is 0.326 e. The summed E-state index contributed by atoms with van der Waals surface area (Å²) in [5.74, 6) is -6.89. The van der Waals surface area contributed by atoms with Crippen LogP contribution in [0.4, 0.5) is 0 Å². The fourth-order valence-electron chi connectivity index (χ4n) is 5.62. The lowest BCUT2D eigenvalue weighted by molar-refractivity contribution is -0.152. The molecule has 0 saturated heterocycles. The minimum Gasteiger partial charge on any atom is -0.508 e. The Morgan fingerprint density at radius 1 is 0.825 bits per heavy atom. The zero-order chi connectivity index (χ0) is 43.7. The number of nitrogens with one attached hydrogen (secondary N) is 3. The van der Waals surface area contributed by atoms with Crippen molar-refractivity contribution in [3.63, 3.8) is 0 Å². The number of likely N-dealkylation sites (N-methyl/N-ethyl adjacent to an activating group) is 2. The molecule has 0 saturated carbocycles. The van der Waals surface area contributed by atoms with E-state index in [0.717, 1.165) is 9.80 Å². The molecular formula is C36H60N10O11. The first-order chi connectivity index (χ1) is 26.5. The summed E-state index contributed by atoms with van der Waals surface area (Å²) in [6.45, 7) is 6.21. The molecule has 0 aliphatic carbocycles. The standard InChI is InChI=1S/C36H60N10O11/c1-18(2)17-24(43-30(50)23(9-8-16-41-36(39)40)42-32(52)27(38)20(4)47)33(53)46(6)25(14-15-26(37)49)31(51)44-28(34(54)45(5)19(3)35(55)56)29(57-7)21-10-12-22(48)13-11-21/h10-13,18-20,23-25,27-29,47-48H,8-9,14-17,38H2,1-7H3,(H2,37,49)(H,42,52)(H,43,50)(H,44,51)(H,55,56)(H4,39,40,41)/t19-,20?,23+,24-,25-,27-,28+,29+/m0/s1. The number of primary amides is 1. The van der Waals surface area contributed by atoms with E-state index in [1.807, 2.05) is 0 Å². The normalized spacial score (nSPS) is 15.3. The summed E-state index contributed by atoms with van der Waals surface area (Å²) in [7, 11) is 3.73. The summed E-state index contributed by atoms with van der Waals surface area (Å²) in [6, 6.07) is -2.84. The number of aliphatic carboxylic acids is 1. The third-order valence-corrected chi connectivity index (χ3v) is 9.13. The molecule has 6 amide bonds. The minimum atomic E-state index is -1.60. The van der Waals surface area contributed by atoms with Gasteiger partial charge < -0.3 is 68.7 Å². The van der Waals surface area contributed by atoms with Crippen LogP contribution in [-0.2, 0) is 38.3 Å². The second-order valence-electron chi connectivity index (χ2n) is 14.1. The fourth-order valence-corrected chi connectivity index (χ4v) is 5.62. The molecule has 1 unspecified atom stereocenters. The number of aromatic hydroxyl groups is 1. The lowest BCUT2D eigenvalue weighted by Gasteiger charge is -2.35. The van der Waals surface area contributed by atoms with Crippen LogP contribution in [0.3, 0.4) is 0 Å². The molecular weight excluding hydrogens is 748 g/mol. The van der Waals surface area contributed by atoms with Gasteiger partial charge in [-0.25, -0.2) is 4.79 Å². The number of hydrogen-bond acceptors (Lipinski definition) is 12. The third kappa shape index (κ3) is 15.9. The molecule has 1 rings (SSSR count). The number of guanidine groups is 1. The highest BCUT2D eigenvalue weighted by molar-refractivity contribution is 5.96. The van der Waals surface area contributed by atoms with E-state index in [0.29, 0.717) is 5.56 Å². The molecule has 0 aliphatic rings. The van der Waals surface area contributed by atoms with Crippen LogP contribution >= 0.6 is 0 Å². The average Bonchev–Trinajstić information content (AvgIpc) is 3.13. The Labute approximate surface area is 331 Å². The first-order valence-electron chi connectivity index (χ1n) is 18.3. The van der Waals surface area contributed by atoms with E-state index in [1.54, 1.807) is 13.8 Å². The number of phenolic OH excluding ortho intramolecular Hbond substituents is 1. The summed E-state index contributed by atoms with van der Waals surface area (Å²) in [4.78, 5) is 98.4. The van der Waals surface area contributed by atoms with E-state index in [-0.39, 0.29) is 56.3 Å². The Hall–Kier alpha value is -5.54. The SMILES string of the molecule is CO[C@H](c1ccc(O)cc1)[C@@H](NC(=O)[C@H](CCC(N)=O)N(C)C(=O)[C@H](CC(C)C)NC(=O)[C@@H](CCCN=C(N)N)NC(=O)[C@@H](N)C(C)O)C(=O)N(C)[C@@H](C)C(=O)O. The van der Waals surface area contributed by atoms with Gasteiger partial charge in [-0.05, 0) is 63.1 Å². The molecule has 14 N–H and O–H groups in total. The van der Waals surface area contributed by atoms with Crippen molar-refractivity contribution >= 4 is 47.4 Å². The van der Waals surface area contributed by atoms with Crippen molar-refractivity contribution in [3.05, 3.63) is 29.8 Å². The van der Waals surface area contributed by atoms with Crippen molar-refractivity contribution < 1.29 is 53.6 Å². The van der Waals surface area contributed by atoms with Crippen LogP contribution in [0.15, 0.2) is 29.3 Å². The summed E-state index contributed by atoms with van der Waals surface area (Å²) >= 11 is 0. The van der Waals surface area contributed by atoms with Crippen LogP contribution in [0.25, 0.3) is 0 Å². The number of carbonyl (C=O) groups excluding carboxylic acids is 6. The Kier molecular flexibility index (Phi) is 20.4. The molecule has 0 spiro atoms. The van der Waals surface area contributed by atoms with Crippen LogP contribution in [-0.4, -0.2) is 143 Å². The van der Waals surface area contributed by atoms with Crippen LogP contribution in [0, 0.1) is 5.92 Å². The first-order valence-corrected chi connectivity index (χ1v) is 18.3. The van der Waals surface area contributed by atoms with E-state index < -0.39 is 89.9 Å². The van der Waals surface area contributed by atoms with E-state index in [2.05, 4.69) is 20.9 Å². The molecule has 1 aromatic rings. The van der Waals surface area contributed by atoms with Gasteiger partial charge in [0.2, 0.25) is 35.4 Å². The zero-order valence-corrected chi connectivity index (χ0v) is 33.5. The van der Waals surface area contributed by atoms with Gasteiger partial charge >= 0.3 is 5.97 Å². The predicted octanol–water partition coefficient (Wildman–Crippen LogP) is -2.63. The van der Waals surface area contributed by atoms with Gasteiger partial charge in [0, 0.05) is 34.2 Å². The number of amides is 6. The van der Waals surface area contributed by atoms with Gasteiger partial charge in [-0.15, -0.1) is 0 Å². The fraction of sp³-hybridized carbons (Fsp3) is 0.611. The van der Waals surface area contributed by atoms with Gasteiger partial charge in [0.1, 0.15) is 48.1 Å². The third-order valence-electron chi connectivity index (χ3n) is 9.13. The largest absolute Gasteiger partial charge is 0.508 e. The number of hydrogen-bond donors (Lipinski definition) is 10. The molecule has 21 nitrogen and oxygen atoms in total. The quantitative estimate of drug-likeness (QED) is 0.0290. The highest BCUT2D eigenvalue weighted by atomic mass is 16.5. The molecule has 57 heavy (non-hydrogen) atoms. The number of nitrogens with two attached hydrogens (primary N) is 4. The van der Waals surface area contributed by atoms with Gasteiger partial charge in [-0.2, -0.15) is 0 Å². The Balaban J connectivity index is 3.63. The van der Waals surface area contributed by atoms with E-state index in [1.165, 1.54) is 59.3 Å². The van der Waals surface area contributed by atoms with Gasteiger partial charge in [0.15, 0.2) is 5.96 Å². The molecule has 0 radical (unpaired) electrons. The molecule has 21 heteroatoms. The molecule has 0 heterocycles. The zero-order valence-electron chi connectivity index (χ0n) is 33.5. The molecule has 0 aliphatic heterocycles. The Morgan fingerprint density at radius 3 is 1.89 bits per heavy atom. The van der Waals surface area contributed by atoms with Crippen molar-refractivity contribution in [2.24, 2.45) is 33.8 Å². The van der Waals surface area contributed by atoms with Crippen molar-refractivity contribution in [1.82, 2.24) is 25.8 Å². The van der Waals surface area contributed by atoms with E-state index >= 15 is 0 Å². The van der Waals surface area contributed by atoms with Crippen molar-refractivity contribution in [3.8, 4) is 5.75 Å². The number of ether oxygens (including phenoxy) is 1. The lowest BCUT2D eigenvalue weighted by Crippen LogP contribution is -2.60. The number of phenols is 1. The number of aliphatic hydroxyl groups is 1.